The summed E-state index contributed by atoms with van der Waals surface area (Å²) in [6, 6.07) is 2.06. The molecule has 0 aliphatic heterocycles. The molecule has 0 spiro atoms. The second kappa shape index (κ2) is 5.54. The molecule has 0 fully saturated rings. The maximum Gasteiger partial charge on any atom is 0.164 e. The molecule has 0 saturated carbocycles. The van der Waals surface area contributed by atoms with Crippen LogP contribution in [0.4, 0.5) is 0 Å². The fraction of sp³-hybridized carbons (Fsp3) is 0.462. The summed E-state index contributed by atoms with van der Waals surface area (Å²) in [6.07, 6.45) is 2.22. The highest BCUT2D eigenvalue weighted by Crippen LogP contribution is 2.36. The van der Waals surface area contributed by atoms with Gasteiger partial charge in [-0.15, -0.1) is 0 Å². The minimum Gasteiger partial charge on any atom is -0.493 e. The van der Waals surface area contributed by atoms with Crippen molar-refractivity contribution < 1.29 is 14.3 Å². The molecule has 1 aromatic rings. The van der Waals surface area contributed by atoms with Crippen LogP contribution < -0.4 is 9.47 Å². The van der Waals surface area contributed by atoms with E-state index in [1.165, 1.54) is 0 Å². The van der Waals surface area contributed by atoms with Gasteiger partial charge in [0.2, 0.25) is 0 Å². The highest BCUT2D eigenvalue weighted by atomic mass is 16.5. The smallest absolute Gasteiger partial charge is 0.164 e. The van der Waals surface area contributed by atoms with Gasteiger partial charge >= 0.3 is 0 Å². The molecule has 16 heavy (non-hydrogen) atoms. The highest BCUT2D eigenvalue weighted by Gasteiger charge is 2.14. The van der Waals surface area contributed by atoms with Gasteiger partial charge in [-0.05, 0) is 37.0 Å². The predicted molar refractivity (Wildman–Crippen MR) is 63.4 cm³/mol. The summed E-state index contributed by atoms with van der Waals surface area (Å²) in [4.78, 5) is 10.4. The van der Waals surface area contributed by atoms with Crippen LogP contribution in [-0.2, 0) is 11.2 Å². The van der Waals surface area contributed by atoms with Crippen molar-refractivity contribution in [3.63, 3.8) is 0 Å². The van der Waals surface area contributed by atoms with E-state index in [-0.39, 0.29) is 0 Å². The van der Waals surface area contributed by atoms with E-state index in [0.717, 1.165) is 40.9 Å². The number of aldehydes is 1. The molecule has 0 unspecified atom stereocenters. The number of methoxy groups -OCH3 is 2. The summed E-state index contributed by atoms with van der Waals surface area (Å²) in [5.74, 6) is 1.54. The first-order valence-corrected chi connectivity index (χ1v) is 5.30. The van der Waals surface area contributed by atoms with Gasteiger partial charge in [-0.2, -0.15) is 0 Å². The quantitative estimate of drug-likeness (QED) is 0.718. The molecule has 1 aromatic carbocycles. The Hall–Kier alpha value is -1.51. The second-order valence-electron chi connectivity index (χ2n) is 3.75. The summed E-state index contributed by atoms with van der Waals surface area (Å²) in [6.45, 7) is 3.96. The van der Waals surface area contributed by atoms with Gasteiger partial charge in [0.05, 0.1) is 14.2 Å². The van der Waals surface area contributed by atoms with Crippen molar-refractivity contribution in [3.05, 3.63) is 22.8 Å². The fourth-order valence-corrected chi connectivity index (χ4v) is 1.90. The first-order valence-electron chi connectivity index (χ1n) is 5.30. The monoisotopic (exact) mass is 222 g/mol. The van der Waals surface area contributed by atoms with E-state index in [4.69, 9.17) is 9.47 Å². The Kier molecular flexibility index (Phi) is 4.35. The number of hydrogen-bond donors (Lipinski definition) is 0. The summed E-state index contributed by atoms with van der Waals surface area (Å²) in [5.41, 5.74) is 3.22. The minimum atomic E-state index is 0.537. The van der Waals surface area contributed by atoms with Gasteiger partial charge < -0.3 is 14.3 Å². The molecule has 0 aliphatic carbocycles. The van der Waals surface area contributed by atoms with E-state index in [1.807, 2.05) is 13.8 Å². The molecule has 0 atom stereocenters. The van der Waals surface area contributed by atoms with Crippen molar-refractivity contribution in [2.45, 2.75) is 26.7 Å². The number of aryl methyl sites for hydroxylation is 2. The summed E-state index contributed by atoms with van der Waals surface area (Å²) in [7, 11) is 3.27. The van der Waals surface area contributed by atoms with Gasteiger partial charge in [-0.25, -0.2) is 0 Å². The number of carbonyl (C=O) groups is 1. The number of ether oxygens (including phenoxy) is 2. The van der Waals surface area contributed by atoms with E-state index < -0.39 is 0 Å². The molecular weight excluding hydrogens is 204 g/mol. The van der Waals surface area contributed by atoms with E-state index in [1.54, 1.807) is 14.2 Å². The summed E-state index contributed by atoms with van der Waals surface area (Å²) < 4.78 is 10.7. The Balaban J connectivity index is 3.22. The molecule has 0 amide bonds. The average Bonchev–Trinajstić information content (AvgIpc) is 2.29. The van der Waals surface area contributed by atoms with Gasteiger partial charge in [-0.1, -0.05) is 6.07 Å². The molecule has 0 bridgehead atoms. The molecule has 1 rings (SSSR count). The topological polar surface area (TPSA) is 35.5 Å². The van der Waals surface area contributed by atoms with E-state index in [9.17, 15) is 4.79 Å². The van der Waals surface area contributed by atoms with Crippen LogP contribution in [0.1, 0.15) is 23.1 Å². The third kappa shape index (κ3) is 2.35. The Bertz CT molecular complexity index is 383. The zero-order chi connectivity index (χ0) is 12.1. The minimum absolute atomic E-state index is 0.537. The van der Waals surface area contributed by atoms with Crippen LogP contribution in [0.15, 0.2) is 6.07 Å². The molecule has 0 radical (unpaired) electrons. The van der Waals surface area contributed by atoms with Crippen molar-refractivity contribution in [3.8, 4) is 11.5 Å². The standard InChI is InChI=1S/C13H18O3/c1-9-8-11(6-5-7-14)10(2)13(16-4)12(9)15-3/h7-8H,5-6H2,1-4H3. The average molecular weight is 222 g/mol. The Morgan fingerprint density at radius 1 is 1.19 bits per heavy atom. The molecule has 3 nitrogen and oxygen atoms in total. The molecule has 88 valence electrons. The number of rotatable bonds is 5. The summed E-state index contributed by atoms with van der Waals surface area (Å²) in [5, 5.41) is 0. The van der Waals surface area contributed by atoms with Crippen LogP contribution in [0.25, 0.3) is 0 Å². The van der Waals surface area contributed by atoms with E-state index in [0.29, 0.717) is 6.42 Å². The van der Waals surface area contributed by atoms with Crippen molar-refractivity contribution in [1.29, 1.82) is 0 Å². The third-order valence-corrected chi connectivity index (χ3v) is 2.72. The first-order chi connectivity index (χ1) is 7.65. The Labute approximate surface area is 96.4 Å². The van der Waals surface area contributed by atoms with Gasteiger partial charge in [0, 0.05) is 6.42 Å². The predicted octanol–water partition coefficient (Wildman–Crippen LogP) is 2.45. The molecule has 0 aromatic heterocycles. The van der Waals surface area contributed by atoms with Crippen molar-refractivity contribution in [2.75, 3.05) is 14.2 Å². The molecule has 0 heterocycles. The van der Waals surface area contributed by atoms with Crippen LogP contribution in [-0.4, -0.2) is 20.5 Å². The Morgan fingerprint density at radius 2 is 1.81 bits per heavy atom. The number of carbonyl (C=O) groups excluding carboxylic acids is 1. The van der Waals surface area contributed by atoms with Crippen molar-refractivity contribution in [1.82, 2.24) is 0 Å². The van der Waals surface area contributed by atoms with Crippen LogP contribution in [0.3, 0.4) is 0 Å². The number of benzene rings is 1. The normalized spacial score (nSPS) is 10.0. The lowest BCUT2D eigenvalue weighted by Gasteiger charge is -2.16. The van der Waals surface area contributed by atoms with Crippen molar-refractivity contribution in [2.24, 2.45) is 0 Å². The van der Waals surface area contributed by atoms with Crippen LogP contribution >= 0.6 is 0 Å². The highest BCUT2D eigenvalue weighted by molar-refractivity contribution is 5.56. The fourth-order valence-electron chi connectivity index (χ4n) is 1.90. The zero-order valence-electron chi connectivity index (χ0n) is 10.3. The second-order valence-corrected chi connectivity index (χ2v) is 3.75. The van der Waals surface area contributed by atoms with Gasteiger partial charge in [-0.3, -0.25) is 0 Å². The molecule has 0 aliphatic rings. The molecule has 0 saturated heterocycles. The van der Waals surface area contributed by atoms with Crippen LogP contribution in [0.2, 0.25) is 0 Å². The molecular formula is C13H18O3. The lowest BCUT2D eigenvalue weighted by Crippen LogP contribution is -2.00. The van der Waals surface area contributed by atoms with Crippen LogP contribution in [0.5, 0.6) is 11.5 Å². The third-order valence-electron chi connectivity index (χ3n) is 2.72. The lowest BCUT2D eigenvalue weighted by molar-refractivity contribution is -0.107. The number of hydrogen-bond acceptors (Lipinski definition) is 3. The SMILES string of the molecule is COc1c(C)cc(CCC=O)c(C)c1OC. The van der Waals surface area contributed by atoms with Gasteiger partial charge in [0.25, 0.3) is 0 Å². The maximum absolute atomic E-state index is 10.4. The first kappa shape index (κ1) is 12.6. The van der Waals surface area contributed by atoms with E-state index >= 15 is 0 Å². The molecule has 0 N–H and O–H groups in total. The maximum atomic E-state index is 10.4. The Morgan fingerprint density at radius 3 is 2.31 bits per heavy atom. The molecule has 3 heteroatoms. The van der Waals surface area contributed by atoms with E-state index in [2.05, 4.69) is 6.07 Å². The van der Waals surface area contributed by atoms with Crippen molar-refractivity contribution >= 4 is 6.29 Å². The van der Waals surface area contributed by atoms with Crippen LogP contribution in [0, 0.1) is 13.8 Å². The largest absolute Gasteiger partial charge is 0.493 e. The van der Waals surface area contributed by atoms with Gasteiger partial charge in [0.1, 0.15) is 6.29 Å². The lowest BCUT2D eigenvalue weighted by atomic mass is 9.99. The van der Waals surface area contributed by atoms with Gasteiger partial charge in [0.15, 0.2) is 11.5 Å². The summed E-state index contributed by atoms with van der Waals surface area (Å²) >= 11 is 0. The zero-order valence-corrected chi connectivity index (χ0v) is 10.3.